The number of nitrogens with zero attached hydrogens (tertiary/aromatic N) is 1. The quantitative estimate of drug-likeness (QED) is 0.647. The third-order valence-corrected chi connectivity index (χ3v) is 4.96. The van der Waals surface area contributed by atoms with Crippen LogP contribution in [0.4, 0.5) is 0 Å². The van der Waals surface area contributed by atoms with Gasteiger partial charge >= 0.3 is 0 Å². The van der Waals surface area contributed by atoms with Crippen molar-refractivity contribution in [1.82, 2.24) is 10.2 Å². The molecule has 0 amide bonds. The van der Waals surface area contributed by atoms with E-state index in [1.807, 2.05) is 7.05 Å². The van der Waals surface area contributed by atoms with Crippen molar-refractivity contribution in [3.63, 3.8) is 0 Å². The van der Waals surface area contributed by atoms with Gasteiger partial charge in [0.05, 0.1) is 6.61 Å². The van der Waals surface area contributed by atoms with Gasteiger partial charge in [-0.3, -0.25) is 0 Å². The Kier molecular flexibility index (Phi) is 8.08. The maximum absolute atomic E-state index is 9.46. The molecule has 0 aliphatic heterocycles. The summed E-state index contributed by atoms with van der Waals surface area (Å²) in [6.45, 7) is 9.40. The van der Waals surface area contributed by atoms with E-state index in [-0.39, 0.29) is 12.1 Å². The molecule has 3 nitrogen and oxygen atoms in total. The molecule has 1 aliphatic carbocycles. The molecule has 0 radical (unpaired) electrons. The van der Waals surface area contributed by atoms with Crippen LogP contribution >= 0.6 is 0 Å². The minimum atomic E-state index is -0.112. The monoisotopic (exact) mass is 284 g/mol. The van der Waals surface area contributed by atoms with Gasteiger partial charge in [-0.15, -0.1) is 0 Å². The predicted molar refractivity (Wildman–Crippen MR) is 87.1 cm³/mol. The zero-order valence-corrected chi connectivity index (χ0v) is 14.1. The fourth-order valence-corrected chi connectivity index (χ4v) is 3.13. The second-order valence-electron chi connectivity index (χ2n) is 7.23. The molecule has 120 valence electrons. The zero-order valence-electron chi connectivity index (χ0n) is 14.1. The summed E-state index contributed by atoms with van der Waals surface area (Å²) in [6, 6.07) is 0.823. The fourth-order valence-electron chi connectivity index (χ4n) is 3.13. The Morgan fingerprint density at radius 1 is 1.25 bits per heavy atom. The topological polar surface area (TPSA) is 35.5 Å². The molecular weight excluding hydrogens is 248 g/mol. The van der Waals surface area contributed by atoms with Gasteiger partial charge in [0.15, 0.2) is 0 Å². The van der Waals surface area contributed by atoms with Crippen LogP contribution in [0.15, 0.2) is 0 Å². The lowest BCUT2D eigenvalue weighted by Gasteiger charge is -2.32. The predicted octanol–water partition coefficient (Wildman–Crippen LogP) is 3.03. The van der Waals surface area contributed by atoms with Crippen LogP contribution in [0.1, 0.15) is 65.7 Å². The summed E-state index contributed by atoms with van der Waals surface area (Å²) in [7, 11) is 1.95. The molecule has 2 N–H and O–H groups in total. The number of aliphatic hydroxyl groups is 1. The highest BCUT2D eigenvalue weighted by atomic mass is 16.3. The first-order valence-electron chi connectivity index (χ1n) is 8.54. The molecule has 1 aliphatic rings. The molecule has 0 aromatic heterocycles. The van der Waals surface area contributed by atoms with Gasteiger partial charge in [0.2, 0.25) is 0 Å². The highest BCUT2D eigenvalue weighted by molar-refractivity contribution is 4.82. The highest BCUT2D eigenvalue weighted by Crippen LogP contribution is 2.25. The third kappa shape index (κ3) is 6.11. The van der Waals surface area contributed by atoms with Crippen molar-refractivity contribution in [2.75, 3.05) is 26.7 Å². The SMILES string of the molecule is CNC(C)(CO)CCCN(CCC(C)C)C1CCCC1. The van der Waals surface area contributed by atoms with Gasteiger partial charge in [0.1, 0.15) is 0 Å². The van der Waals surface area contributed by atoms with E-state index in [9.17, 15) is 5.11 Å². The van der Waals surface area contributed by atoms with Crippen molar-refractivity contribution < 1.29 is 5.11 Å². The molecule has 20 heavy (non-hydrogen) atoms. The van der Waals surface area contributed by atoms with E-state index in [0.717, 1.165) is 18.4 Å². The molecule has 0 aromatic carbocycles. The Morgan fingerprint density at radius 3 is 2.40 bits per heavy atom. The maximum atomic E-state index is 9.46. The van der Waals surface area contributed by atoms with Crippen molar-refractivity contribution in [3.8, 4) is 0 Å². The van der Waals surface area contributed by atoms with Crippen molar-refractivity contribution in [1.29, 1.82) is 0 Å². The second kappa shape index (κ2) is 9.01. The van der Waals surface area contributed by atoms with Crippen LogP contribution in [0.25, 0.3) is 0 Å². The number of hydrogen-bond donors (Lipinski definition) is 2. The van der Waals surface area contributed by atoms with Gasteiger partial charge in [-0.25, -0.2) is 0 Å². The van der Waals surface area contributed by atoms with Crippen LogP contribution in [-0.2, 0) is 0 Å². The number of rotatable bonds is 10. The van der Waals surface area contributed by atoms with Crippen molar-refractivity contribution in [3.05, 3.63) is 0 Å². The van der Waals surface area contributed by atoms with Crippen LogP contribution in [0, 0.1) is 5.92 Å². The largest absolute Gasteiger partial charge is 0.394 e. The first kappa shape index (κ1) is 17.9. The van der Waals surface area contributed by atoms with Crippen LogP contribution in [0.5, 0.6) is 0 Å². The Hall–Kier alpha value is -0.120. The highest BCUT2D eigenvalue weighted by Gasteiger charge is 2.24. The summed E-state index contributed by atoms with van der Waals surface area (Å²) in [4.78, 5) is 2.72. The fraction of sp³-hybridized carbons (Fsp3) is 1.00. The Morgan fingerprint density at radius 2 is 1.90 bits per heavy atom. The minimum absolute atomic E-state index is 0.112. The van der Waals surface area contributed by atoms with E-state index in [0.29, 0.717) is 0 Å². The molecule has 0 spiro atoms. The number of likely N-dealkylation sites (N-methyl/N-ethyl adjacent to an activating group) is 1. The molecule has 0 saturated heterocycles. The van der Waals surface area contributed by atoms with Crippen LogP contribution in [0.3, 0.4) is 0 Å². The Bertz CT molecular complexity index is 245. The van der Waals surface area contributed by atoms with Crippen molar-refractivity contribution in [2.45, 2.75) is 77.3 Å². The molecule has 0 aromatic rings. The Labute approximate surface area is 126 Å². The van der Waals surface area contributed by atoms with Crippen molar-refractivity contribution >= 4 is 0 Å². The van der Waals surface area contributed by atoms with Gasteiger partial charge < -0.3 is 15.3 Å². The molecule has 0 bridgehead atoms. The number of nitrogens with one attached hydrogen (secondary N) is 1. The molecular formula is C17H36N2O. The Balaban J connectivity index is 2.39. The van der Waals surface area contributed by atoms with Gasteiger partial charge in [0.25, 0.3) is 0 Å². The average molecular weight is 284 g/mol. The molecule has 1 rings (SSSR count). The molecule has 3 heteroatoms. The summed E-state index contributed by atoms with van der Waals surface area (Å²) >= 11 is 0. The second-order valence-corrected chi connectivity index (χ2v) is 7.23. The minimum Gasteiger partial charge on any atom is -0.394 e. The molecule has 1 saturated carbocycles. The molecule has 0 heterocycles. The van der Waals surface area contributed by atoms with E-state index in [2.05, 4.69) is 31.0 Å². The van der Waals surface area contributed by atoms with Gasteiger partial charge in [0, 0.05) is 11.6 Å². The van der Waals surface area contributed by atoms with Gasteiger partial charge in [-0.05, 0) is 65.1 Å². The zero-order chi connectivity index (χ0) is 15.0. The van der Waals surface area contributed by atoms with Gasteiger partial charge in [-0.2, -0.15) is 0 Å². The van der Waals surface area contributed by atoms with E-state index in [1.165, 1.54) is 51.6 Å². The first-order chi connectivity index (χ1) is 9.50. The summed E-state index contributed by atoms with van der Waals surface area (Å²) in [5.41, 5.74) is -0.112. The summed E-state index contributed by atoms with van der Waals surface area (Å²) < 4.78 is 0. The van der Waals surface area contributed by atoms with E-state index >= 15 is 0 Å². The third-order valence-electron chi connectivity index (χ3n) is 4.96. The average Bonchev–Trinajstić information content (AvgIpc) is 2.96. The van der Waals surface area contributed by atoms with E-state index in [1.54, 1.807) is 0 Å². The van der Waals surface area contributed by atoms with Crippen LogP contribution in [0.2, 0.25) is 0 Å². The molecule has 1 atom stereocenters. The summed E-state index contributed by atoms with van der Waals surface area (Å²) in [5, 5.41) is 12.7. The lowest BCUT2D eigenvalue weighted by Crippen LogP contribution is -2.44. The van der Waals surface area contributed by atoms with Crippen LogP contribution < -0.4 is 5.32 Å². The van der Waals surface area contributed by atoms with Crippen molar-refractivity contribution in [2.24, 2.45) is 5.92 Å². The standard InChI is InChI=1S/C17H36N2O/c1-15(2)10-13-19(16-8-5-6-9-16)12-7-11-17(3,14-20)18-4/h15-16,18,20H,5-14H2,1-4H3. The molecule has 1 unspecified atom stereocenters. The van der Waals surface area contributed by atoms with Gasteiger partial charge in [-0.1, -0.05) is 26.7 Å². The maximum Gasteiger partial charge on any atom is 0.0610 e. The van der Waals surface area contributed by atoms with E-state index in [4.69, 9.17) is 0 Å². The van der Waals surface area contributed by atoms with E-state index < -0.39 is 0 Å². The van der Waals surface area contributed by atoms with Crippen LogP contribution in [-0.4, -0.2) is 48.3 Å². The number of aliphatic hydroxyl groups excluding tert-OH is 1. The smallest absolute Gasteiger partial charge is 0.0610 e. The molecule has 1 fully saturated rings. The normalized spacial score (nSPS) is 19.9. The summed E-state index contributed by atoms with van der Waals surface area (Å²) in [5.74, 6) is 0.791. The number of hydrogen-bond acceptors (Lipinski definition) is 3. The summed E-state index contributed by atoms with van der Waals surface area (Å²) in [6.07, 6.45) is 9.13. The lowest BCUT2D eigenvalue weighted by atomic mass is 9.96. The lowest BCUT2D eigenvalue weighted by molar-refractivity contribution is 0.149. The first-order valence-corrected chi connectivity index (χ1v) is 8.54.